The topological polar surface area (TPSA) is 62.1 Å². The van der Waals surface area contributed by atoms with Crippen LogP contribution in [0.3, 0.4) is 0 Å². The number of aromatic amines is 1. The van der Waals surface area contributed by atoms with Gasteiger partial charge in [0.1, 0.15) is 0 Å². The molecule has 0 bridgehead atoms. The molecule has 102 valence electrons. The van der Waals surface area contributed by atoms with Gasteiger partial charge >= 0.3 is 0 Å². The van der Waals surface area contributed by atoms with Gasteiger partial charge in [0.05, 0.1) is 0 Å². The van der Waals surface area contributed by atoms with Crippen LogP contribution in [0.1, 0.15) is 25.8 Å². The maximum absolute atomic E-state index is 12.1. The van der Waals surface area contributed by atoms with Gasteiger partial charge in [-0.05, 0) is 25.5 Å². The molecule has 19 heavy (non-hydrogen) atoms. The summed E-state index contributed by atoms with van der Waals surface area (Å²) in [6.07, 6.45) is 2.31. The summed E-state index contributed by atoms with van der Waals surface area (Å²) in [6, 6.07) is 8.09. The van der Waals surface area contributed by atoms with Gasteiger partial charge in [0.25, 0.3) is 0 Å². The zero-order valence-corrected chi connectivity index (χ0v) is 11.7. The van der Waals surface area contributed by atoms with Gasteiger partial charge in [0.2, 0.25) is 5.91 Å². The molecule has 0 atom stereocenters. The highest BCUT2D eigenvalue weighted by molar-refractivity contribution is 5.84. The quantitative estimate of drug-likeness (QED) is 0.884. The lowest BCUT2D eigenvalue weighted by atomic mass is 10.0. The van der Waals surface area contributed by atoms with Gasteiger partial charge < -0.3 is 15.6 Å². The van der Waals surface area contributed by atoms with Crippen LogP contribution in [0.4, 0.5) is 0 Å². The Morgan fingerprint density at radius 1 is 1.37 bits per heavy atom. The highest BCUT2D eigenvalue weighted by Gasteiger charge is 2.19. The Bertz CT molecular complexity index is 580. The fourth-order valence-corrected chi connectivity index (χ4v) is 2.13. The third-order valence-corrected chi connectivity index (χ3v) is 3.12. The zero-order chi connectivity index (χ0) is 14.0. The first-order valence-electron chi connectivity index (χ1n) is 6.45. The van der Waals surface area contributed by atoms with Crippen molar-refractivity contribution in [3.8, 4) is 0 Å². The molecule has 2 rings (SSSR count). The number of carbonyl (C=O) groups is 1. The lowest BCUT2D eigenvalue weighted by Gasteiger charge is -2.23. The van der Waals surface area contributed by atoms with Crippen LogP contribution in [0.25, 0.3) is 10.9 Å². The van der Waals surface area contributed by atoms with Crippen molar-refractivity contribution in [3.63, 3.8) is 0 Å². The Hall–Kier alpha value is -1.81. The molecule has 3 N–H and O–H groups in total. The number of nitrogens with two attached hydrogens (primary N) is 1. The first kappa shape index (κ1) is 13.6. The van der Waals surface area contributed by atoms with Gasteiger partial charge in [-0.15, -0.1) is 0 Å². The van der Waals surface area contributed by atoms with Gasteiger partial charge in [-0.2, -0.15) is 0 Å². The molecule has 0 saturated carbocycles. The van der Waals surface area contributed by atoms with Gasteiger partial charge in [-0.25, -0.2) is 0 Å². The van der Waals surface area contributed by atoms with Crippen molar-refractivity contribution in [3.05, 3.63) is 36.0 Å². The largest absolute Gasteiger partial charge is 0.361 e. The van der Waals surface area contributed by atoms with Crippen molar-refractivity contribution in [2.24, 2.45) is 5.73 Å². The van der Waals surface area contributed by atoms with Crippen molar-refractivity contribution >= 4 is 16.8 Å². The molecule has 1 aromatic carbocycles. The minimum Gasteiger partial charge on any atom is -0.361 e. The van der Waals surface area contributed by atoms with Gasteiger partial charge in [0.15, 0.2) is 0 Å². The van der Waals surface area contributed by atoms with Gasteiger partial charge in [-0.1, -0.05) is 18.2 Å². The van der Waals surface area contributed by atoms with E-state index in [0.717, 1.165) is 16.5 Å². The fraction of sp³-hybridized carbons (Fsp3) is 0.400. The van der Waals surface area contributed by atoms with Crippen LogP contribution >= 0.6 is 0 Å². The minimum atomic E-state index is -0.467. The van der Waals surface area contributed by atoms with E-state index in [1.54, 1.807) is 4.90 Å². The van der Waals surface area contributed by atoms with Crippen molar-refractivity contribution in [2.45, 2.75) is 32.4 Å². The van der Waals surface area contributed by atoms with E-state index in [9.17, 15) is 4.79 Å². The van der Waals surface area contributed by atoms with Gasteiger partial charge in [-0.3, -0.25) is 4.79 Å². The van der Waals surface area contributed by atoms with E-state index in [0.29, 0.717) is 13.0 Å². The van der Waals surface area contributed by atoms with E-state index in [1.807, 2.05) is 45.3 Å². The number of hydrogen-bond acceptors (Lipinski definition) is 2. The van der Waals surface area contributed by atoms with Crippen LogP contribution in [0, 0.1) is 0 Å². The first-order chi connectivity index (χ1) is 8.87. The summed E-state index contributed by atoms with van der Waals surface area (Å²) in [6.45, 7) is 4.33. The number of fused-ring (bicyclic) bond motifs is 1. The average molecular weight is 259 g/mol. The number of hydrogen-bond donors (Lipinski definition) is 2. The average Bonchev–Trinajstić information content (AvgIpc) is 2.70. The maximum atomic E-state index is 12.1. The number of aromatic nitrogens is 1. The number of nitrogens with one attached hydrogen (secondary N) is 1. The number of amides is 1. The molecular weight excluding hydrogens is 238 g/mol. The predicted octanol–water partition coefficient (Wildman–Crippen LogP) is 2.25. The molecule has 1 amide bonds. The number of nitrogens with zero attached hydrogens (tertiary/aromatic N) is 1. The maximum Gasteiger partial charge on any atom is 0.224 e. The summed E-state index contributed by atoms with van der Waals surface area (Å²) < 4.78 is 0. The lowest BCUT2D eigenvalue weighted by Crippen LogP contribution is -2.39. The Morgan fingerprint density at radius 2 is 2.05 bits per heavy atom. The van der Waals surface area contributed by atoms with E-state index in [4.69, 9.17) is 5.73 Å². The summed E-state index contributed by atoms with van der Waals surface area (Å²) in [5, 5.41) is 1.16. The second-order valence-corrected chi connectivity index (χ2v) is 5.77. The summed E-state index contributed by atoms with van der Waals surface area (Å²) in [7, 11) is 1.82. The molecule has 1 aromatic heterocycles. The molecule has 0 spiro atoms. The lowest BCUT2D eigenvalue weighted by molar-refractivity contribution is -0.131. The molecule has 0 fully saturated rings. The molecule has 0 aliphatic rings. The molecule has 0 radical (unpaired) electrons. The highest BCUT2D eigenvalue weighted by Crippen LogP contribution is 2.19. The molecule has 2 aromatic rings. The number of H-pyrrole nitrogens is 1. The number of rotatable bonds is 4. The van der Waals surface area contributed by atoms with E-state index in [1.165, 1.54) is 0 Å². The van der Waals surface area contributed by atoms with Crippen LogP contribution in [0.15, 0.2) is 30.5 Å². The Labute approximate surface area is 113 Å². The SMILES string of the molecule is CN(Cc1c[nH]c2ccccc12)C(=O)CC(C)(C)N. The second-order valence-electron chi connectivity index (χ2n) is 5.77. The molecule has 0 saturated heterocycles. The van der Waals surface area contributed by atoms with E-state index < -0.39 is 5.54 Å². The fourth-order valence-electron chi connectivity index (χ4n) is 2.13. The van der Waals surface area contributed by atoms with Crippen LogP contribution in [0.5, 0.6) is 0 Å². The van der Waals surface area contributed by atoms with Gasteiger partial charge in [0, 0.05) is 42.7 Å². The third-order valence-electron chi connectivity index (χ3n) is 3.12. The summed E-state index contributed by atoms with van der Waals surface area (Å²) in [4.78, 5) is 17.0. The van der Waals surface area contributed by atoms with E-state index in [-0.39, 0.29) is 5.91 Å². The Kier molecular flexibility index (Phi) is 3.62. The summed E-state index contributed by atoms with van der Waals surface area (Å²) in [5.41, 5.74) is 7.64. The number of carbonyl (C=O) groups excluding carboxylic acids is 1. The van der Waals surface area contributed by atoms with Crippen molar-refractivity contribution in [1.82, 2.24) is 9.88 Å². The third kappa shape index (κ3) is 3.35. The summed E-state index contributed by atoms with van der Waals surface area (Å²) >= 11 is 0. The summed E-state index contributed by atoms with van der Waals surface area (Å²) in [5.74, 6) is 0.0674. The van der Waals surface area contributed by atoms with Crippen molar-refractivity contribution in [1.29, 1.82) is 0 Å². The van der Waals surface area contributed by atoms with Crippen molar-refractivity contribution in [2.75, 3.05) is 7.05 Å². The van der Waals surface area contributed by atoms with Crippen LogP contribution in [-0.4, -0.2) is 28.4 Å². The van der Waals surface area contributed by atoms with Crippen LogP contribution in [-0.2, 0) is 11.3 Å². The molecular formula is C15H21N3O. The molecule has 1 heterocycles. The van der Waals surface area contributed by atoms with E-state index in [2.05, 4.69) is 11.1 Å². The van der Waals surface area contributed by atoms with Crippen LogP contribution in [0.2, 0.25) is 0 Å². The first-order valence-corrected chi connectivity index (χ1v) is 6.45. The molecule has 0 aliphatic carbocycles. The number of para-hydroxylation sites is 1. The Morgan fingerprint density at radius 3 is 2.74 bits per heavy atom. The molecule has 4 heteroatoms. The van der Waals surface area contributed by atoms with Crippen molar-refractivity contribution < 1.29 is 4.79 Å². The zero-order valence-electron chi connectivity index (χ0n) is 11.7. The second kappa shape index (κ2) is 5.05. The standard InChI is InChI=1S/C15H21N3O/c1-15(2,16)8-14(19)18(3)10-11-9-17-13-7-5-4-6-12(11)13/h4-7,9,17H,8,10,16H2,1-3H3. The predicted molar refractivity (Wildman–Crippen MR) is 77.7 cm³/mol. The highest BCUT2D eigenvalue weighted by atomic mass is 16.2. The monoisotopic (exact) mass is 259 g/mol. The normalized spacial score (nSPS) is 11.8. The number of benzene rings is 1. The minimum absolute atomic E-state index is 0.0674. The van der Waals surface area contributed by atoms with E-state index >= 15 is 0 Å². The Balaban J connectivity index is 2.10. The molecule has 4 nitrogen and oxygen atoms in total. The molecule has 0 unspecified atom stereocenters. The van der Waals surface area contributed by atoms with Crippen LogP contribution < -0.4 is 5.73 Å². The smallest absolute Gasteiger partial charge is 0.224 e. The molecule has 0 aliphatic heterocycles.